The van der Waals surface area contributed by atoms with Crippen molar-refractivity contribution < 1.29 is 44.3 Å². The molecule has 2 amide bonds. The van der Waals surface area contributed by atoms with Gasteiger partial charge >= 0.3 is 12.4 Å². The molecule has 0 unspecified atom stereocenters. The third-order valence-corrected chi connectivity index (χ3v) is 6.84. The molecular formula is C25H25F6N5O4S. The van der Waals surface area contributed by atoms with Crippen molar-refractivity contribution in [1.29, 1.82) is 0 Å². The molecule has 2 aromatic heterocycles. The van der Waals surface area contributed by atoms with Gasteiger partial charge in [-0.15, -0.1) is 0 Å². The number of rotatable bonds is 8. The van der Waals surface area contributed by atoms with Crippen LogP contribution >= 0.6 is 0 Å². The number of anilines is 1. The van der Waals surface area contributed by atoms with Crippen molar-refractivity contribution in [1.82, 2.24) is 20.1 Å². The third kappa shape index (κ3) is 8.05. The van der Waals surface area contributed by atoms with Crippen LogP contribution in [0.5, 0.6) is 0 Å². The van der Waals surface area contributed by atoms with Gasteiger partial charge in [-0.1, -0.05) is 12.1 Å². The molecule has 222 valence electrons. The number of pyridine rings is 1. The maximum Gasteiger partial charge on any atom is 0.435 e. The van der Waals surface area contributed by atoms with Gasteiger partial charge in [0.05, 0.1) is 40.5 Å². The number of nitrogens with one attached hydrogen (secondary N) is 2. The number of sulfone groups is 1. The van der Waals surface area contributed by atoms with Gasteiger partial charge in [-0.25, -0.2) is 8.42 Å². The Morgan fingerprint density at radius 3 is 2.22 bits per heavy atom. The van der Waals surface area contributed by atoms with Gasteiger partial charge < -0.3 is 10.6 Å². The fraction of sp³-hybridized carbons (Fsp3) is 0.360. The lowest BCUT2D eigenvalue weighted by Gasteiger charge is -2.17. The summed E-state index contributed by atoms with van der Waals surface area (Å²) in [6, 6.07) is 6.20. The number of carbonyl (C=O) groups is 2. The minimum Gasteiger partial charge on any atom is -0.349 e. The molecular weight excluding hydrogens is 580 g/mol. The molecule has 0 saturated heterocycles. The van der Waals surface area contributed by atoms with Gasteiger partial charge in [-0.2, -0.15) is 31.4 Å². The molecule has 16 heteroatoms. The molecule has 41 heavy (non-hydrogen) atoms. The number of amides is 2. The van der Waals surface area contributed by atoms with E-state index >= 15 is 0 Å². The molecule has 0 spiro atoms. The highest BCUT2D eigenvalue weighted by molar-refractivity contribution is 7.90. The van der Waals surface area contributed by atoms with Crippen LogP contribution in [0.1, 0.15) is 56.0 Å². The molecule has 2 heterocycles. The normalized spacial score (nSPS) is 13.1. The monoisotopic (exact) mass is 605 g/mol. The van der Waals surface area contributed by atoms with Crippen LogP contribution in [0.2, 0.25) is 0 Å². The van der Waals surface area contributed by atoms with Crippen LogP contribution in [0.4, 0.5) is 32.0 Å². The summed E-state index contributed by atoms with van der Waals surface area (Å²) < 4.78 is 102. The molecule has 0 radical (unpaired) electrons. The molecule has 0 aliphatic rings. The predicted molar refractivity (Wildman–Crippen MR) is 136 cm³/mol. The molecule has 0 bridgehead atoms. The van der Waals surface area contributed by atoms with Gasteiger partial charge in [0.25, 0.3) is 11.8 Å². The van der Waals surface area contributed by atoms with Crippen molar-refractivity contribution in [2.24, 2.45) is 0 Å². The van der Waals surface area contributed by atoms with Gasteiger partial charge in [-0.3, -0.25) is 19.3 Å². The maximum atomic E-state index is 13.3. The highest BCUT2D eigenvalue weighted by Gasteiger charge is 2.42. The lowest BCUT2D eigenvalue weighted by molar-refractivity contribution is -0.144. The Balaban J connectivity index is 1.84. The van der Waals surface area contributed by atoms with Gasteiger partial charge in [0.2, 0.25) is 0 Å². The smallest absolute Gasteiger partial charge is 0.349 e. The standard InChI is InChI=1S/C25H25F6N5O4S/c1-13-6-5-7-17(21(13)23(38)32-14(2)12-41(4,39)40)22(37)34-18-9-8-16(33-15(18)3)11-36-20(25(29,30)31)10-19(35-36)24(26,27)28/h5-10,14H,11-12H2,1-4H3,(H,32,38)(H,34,37)/t14-/m0/s1. The van der Waals surface area contributed by atoms with E-state index in [1.807, 2.05) is 0 Å². The van der Waals surface area contributed by atoms with Crippen molar-refractivity contribution >= 4 is 27.3 Å². The molecule has 1 atom stereocenters. The Kier molecular flexibility index (Phi) is 8.86. The van der Waals surface area contributed by atoms with Gasteiger partial charge in [0, 0.05) is 18.4 Å². The molecule has 1 aromatic carbocycles. The van der Waals surface area contributed by atoms with Crippen molar-refractivity contribution in [3.63, 3.8) is 0 Å². The average Bonchev–Trinajstić information content (AvgIpc) is 3.24. The molecule has 3 rings (SSSR count). The lowest BCUT2D eigenvalue weighted by Crippen LogP contribution is -2.38. The largest absolute Gasteiger partial charge is 0.435 e. The van der Waals surface area contributed by atoms with Crippen LogP contribution in [0.3, 0.4) is 0 Å². The van der Waals surface area contributed by atoms with E-state index in [0.717, 1.165) is 6.26 Å². The van der Waals surface area contributed by atoms with Crippen molar-refractivity contribution in [3.05, 3.63) is 75.9 Å². The third-order valence-electron chi connectivity index (χ3n) is 5.74. The number of aromatic nitrogens is 3. The second kappa shape index (κ2) is 11.5. The van der Waals surface area contributed by atoms with E-state index < -0.39 is 58.0 Å². The van der Waals surface area contributed by atoms with Crippen molar-refractivity contribution in [2.45, 2.75) is 45.7 Å². The van der Waals surface area contributed by atoms with E-state index in [2.05, 4.69) is 20.7 Å². The highest BCUT2D eigenvalue weighted by atomic mass is 32.2. The number of carbonyl (C=O) groups excluding carboxylic acids is 2. The fourth-order valence-electron chi connectivity index (χ4n) is 4.03. The maximum absolute atomic E-state index is 13.3. The number of aryl methyl sites for hydroxylation is 2. The van der Waals surface area contributed by atoms with Crippen LogP contribution in [0, 0.1) is 13.8 Å². The minimum atomic E-state index is -5.10. The van der Waals surface area contributed by atoms with E-state index in [9.17, 15) is 44.3 Å². The van der Waals surface area contributed by atoms with E-state index in [4.69, 9.17) is 0 Å². The van der Waals surface area contributed by atoms with E-state index in [1.54, 1.807) is 13.0 Å². The van der Waals surface area contributed by atoms with Gasteiger partial charge in [0.15, 0.2) is 5.69 Å². The fourth-order valence-corrected chi connectivity index (χ4v) is 5.02. The Morgan fingerprint density at radius 1 is 1.00 bits per heavy atom. The van der Waals surface area contributed by atoms with Crippen LogP contribution < -0.4 is 10.6 Å². The van der Waals surface area contributed by atoms with E-state index in [-0.39, 0.29) is 44.7 Å². The number of hydrogen-bond donors (Lipinski definition) is 2. The van der Waals surface area contributed by atoms with E-state index in [1.165, 1.54) is 38.1 Å². The van der Waals surface area contributed by atoms with Crippen molar-refractivity contribution in [3.8, 4) is 0 Å². The summed E-state index contributed by atoms with van der Waals surface area (Å²) in [5, 5.41) is 8.16. The van der Waals surface area contributed by atoms with E-state index in [0.29, 0.717) is 5.56 Å². The molecule has 0 aliphatic carbocycles. The topological polar surface area (TPSA) is 123 Å². The first kappa shape index (κ1) is 31.6. The Morgan fingerprint density at radius 2 is 1.66 bits per heavy atom. The molecule has 3 aromatic rings. The first-order valence-electron chi connectivity index (χ1n) is 11.8. The molecule has 0 fully saturated rings. The van der Waals surface area contributed by atoms with Crippen molar-refractivity contribution in [2.75, 3.05) is 17.3 Å². The van der Waals surface area contributed by atoms with Gasteiger partial charge in [-0.05, 0) is 44.5 Å². The second-order valence-electron chi connectivity index (χ2n) is 9.42. The number of nitrogens with zero attached hydrogens (tertiary/aromatic N) is 3. The zero-order valence-corrected chi connectivity index (χ0v) is 22.9. The van der Waals surface area contributed by atoms with Gasteiger partial charge in [0.1, 0.15) is 15.5 Å². The molecule has 0 saturated carbocycles. The SMILES string of the molecule is Cc1cccc(C(=O)Nc2ccc(Cn3nc(C(F)(F)F)cc3C(F)(F)F)nc2C)c1C(=O)N[C@@H](C)CS(C)(=O)=O. The summed E-state index contributed by atoms with van der Waals surface area (Å²) in [6.45, 7) is 3.78. The number of benzene rings is 1. The molecule has 0 aliphatic heterocycles. The van der Waals surface area contributed by atoms with Crippen LogP contribution in [-0.4, -0.2) is 53.0 Å². The van der Waals surface area contributed by atoms with Crippen LogP contribution in [0.25, 0.3) is 0 Å². The summed E-state index contributed by atoms with van der Waals surface area (Å²) in [6.07, 6.45) is -9.16. The number of hydrogen-bond acceptors (Lipinski definition) is 6. The zero-order valence-electron chi connectivity index (χ0n) is 22.1. The first-order valence-corrected chi connectivity index (χ1v) is 13.9. The first-order chi connectivity index (χ1) is 18.8. The average molecular weight is 606 g/mol. The summed E-state index contributed by atoms with van der Waals surface area (Å²) in [7, 11) is -3.38. The van der Waals surface area contributed by atoms with Crippen LogP contribution in [0.15, 0.2) is 36.4 Å². The number of halogens is 6. The Hall–Kier alpha value is -3.95. The lowest BCUT2D eigenvalue weighted by atomic mass is 10.00. The summed E-state index contributed by atoms with van der Waals surface area (Å²) in [4.78, 5) is 30.2. The minimum absolute atomic E-state index is 0.00594. The molecule has 2 N–H and O–H groups in total. The Bertz CT molecular complexity index is 1580. The summed E-state index contributed by atoms with van der Waals surface area (Å²) >= 11 is 0. The zero-order chi connectivity index (χ0) is 30.9. The second-order valence-corrected chi connectivity index (χ2v) is 11.6. The summed E-state index contributed by atoms with van der Waals surface area (Å²) in [5.41, 5.74) is -2.69. The predicted octanol–water partition coefficient (Wildman–Crippen LogP) is 4.40. The Labute approximate surface area is 230 Å². The number of alkyl halides is 6. The quantitative estimate of drug-likeness (QED) is 0.367. The summed E-state index contributed by atoms with van der Waals surface area (Å²) in [5.74, 6) is -1.72. The highest BCUT2D eigenvalue weighted by Crippen LogP contribution is 2.35. The molecule has 9 nitrogen and oxygen atoms in total. The van der Waals surface area contributed by atoms with Crippen LogP contribution in [-0.2, 0) is 28.7 Å².